The maximum atomic E-state index is 12.4. The Morgan fingerprint density at radius 3 is 2.39 bits per heavy atom. The zero-order chi connectivity index (χ0) is 16.6. The number of benzene rings is 1. The summed E-state index contributed by atoms with van der Waals surface area (Å²) < 4.78 is 5.49. The maximum absolute atomic E-state index is 12.4. The van der Waals surface area contributed by atoms with Gasteiger partial charge in [0.15, 0.2) is 0 Å². The van der Waals surface area contributed by atoms with Crippen LogP contribution in [0.1, 0.15) is 27.4 Å². The summed E-state index contributed by atoms with van der Waals surface area (Å²) in [5.74, 6) is 1.18. The van der Waals surface area contributed by atoms with Crippen molar-refractivity contribution in [2.75, 3.05) is 23.3 Å². The van der Waals surface area contributed by atoms with Crippen LogP contribution < -0.4 is 15.5 Å². The molecule has 1 aromatic carbocycles. The molecule has 6 nitrogen and oxygen atoms in total. The number of aryl methyl sites for hydroxylation is 2. The fourth-order valence-corrected chi connectivity index (χ4v) is 2.76. The lowest BCUT2D eigenvalue weighted by atomic mass is 10.1. The third-order valence-electron chi connectivity index (χ3n) is 4.08. The zero-order valence-electron chi connectivity index (χ0n) is 13.4. The first-order valence-corrected chi connectivity index (χ1v) is 7.50. The number of anilines is 2. The smallest absolute Gasteiger partial charge is 0.321 e. The van der Waals surface area contributed by atoms with E-state index in [9.17, 15) is 9.59 Å². The molecule has 23 heavy (non-hydrogen) atoms. The van der Waals surface area contributed by atoms with Gasteiger partial charge in [-0.2, -0.15) is 0 Å². The molecule has 2 N–H and O–H groups in total. The van der Waals surface area contributed by atoms with Crippen LogP contribution in [0, 0.1) is 20.8 Å². The highest BCUT2D eigenvalue weighted by atomic mass is 16.3. The molecule has 0 atom stereocenters. The van der Waals surface area contributed by atoms with Crippen LogP contribution in [0.4, 0.5) is 16.2 Å². The van der Waals surface area contributed by atoms with Crippen LogP contribution in [0.25, 0.3) is 0 Å². The van der Waals surface area contributed by atoms with Crippen molar-refractivity contribution in [3.63, 3.8) is 0 Å². The van der Waals surface area contributed by atoms with Gasteiger partial charge in [0.25, 0.3) is 5.91 Å². The molecule has 0 spiro atoms. The van der Waals surface area contributed by atoms with Crippen LogP contribution in [-0.2, 0) is 0 Å². The maximum Gasteiger partial charge on any atom is 0.321 e. The molecule has 6 heteroatoms. The molecule has 0 saturated carbocycles. The highest BCUT2D eigenvalue weighted by Crippen LogP contribution is 2.23. The van der Waals surface area contributed by atoms with Gasteiger partial charge in [0.2, 0.25) is 0 Å². The predicted octanol–water partition coefficient (Wildman–Crippen LogP) is 2.99. The molecule has 1 aromatic heterocycles. The topological polar surface area (TPSA) is 74.6 Å². The number of nitrogens with zero attached hydrogens (tertiary/aromatic N) is 1. The van der Waals surface area contributed by atoms with Crippen molar-refractivity contribution in [1.29, 1.82) is 0 Å². The number of urea groups is 1. The standard InChI is InChI=1S/C17H19N3O3/c1-10-11(2)23-12(3)15(10)16(21)19-13-4-6-14(7-5-13)20-9-8-18-17(20)22/h4-7H,8-9H2,1-3H3,(H,18,22)(H,19,21). The summed E-state index contributed by atoms with van der Waals surface area (Å²) in [6.07, 6.45) is 0. The van der Waals surface area contributed by atoms with E-state index in [0.717, 1.165) is 17.0 Å². The van der Waals surface area contributed by atoms with Gasteiger partial charge in [0, 0.05) is 30.0 Å². The molecule has 0 unspecified atom stereocenters. The van der Waals surface area contributed by atoms with E-state index in [4.69, 9.17) is 4.42 Å². The molecule has 3 rings (SSSR count). The number of carbonyl (C=O) groups excluding carboxylic acids is 2. The molecule has 1 aliphatic heterocycles. The molecule has 3 amide bonds. The quantitative estimate of drug-likeness (QED) is 0.914. The van der Waals surface area contributed by atoms with Crippen LogP contribution in [-0.4, -0.2) is 25.0 Å². The van der Waals surface area contributed by atoms with Crippen molar-refractivity contribution in [2.45, 2.75) is 20.8 Å². The number of hydrogen-bond donors (Lipinski definition) is 2. The van der Waals surface area contributed by atoms with Gasteiger partial charge in [-0.15, -0.1) is 0 Å². The first-order valence-electron chi connectivity index (χ1n) is 7.50. The minimum absolute atomic E-state index is 0.0955. The predicted molar refractivity (Wildman–Crippen MR) is 88.1 cm³/mol. The Morgan fingerprint density at radius 2 is 1.87 bits per heavy atom. The Balaban J connectivity index is 1.75. The SMILES string of the molecule is Cc1oc(C)c(C(=O)Nc2ccc(N3CCNC3=O)cc2)c1C. The van der Waals surface area contributed by atoms with E-state index < -0.39 is 0 Å². The number of amides is 3. The van der Waals surface area contributed by atoms with E-state index in [1.54, 1.807) is 24.0 Å². The number of nitrogens with one attached hydrogen (secondary N) is 2. The summed E-state index contributed by atoms with van der Waals surface area (Å²) in [5, 5.41) is 5.62. The van der Waals surface area contributed by atoms with E-state index in [1.165, 1.54) is 0 Å². The van der Waals surface area contributed by atoms with Crippen molar-refractivity contribution in [3.05, 3.63) is 46.9 Å². The van der Waals surface area contributed by atoms with Crippen molar-refractivity contribution in [2.24, 2.45) is 0 Å². The number of carbonyl (C=O) groups is 2. The third-order valence-corrected chi connectivity index (χ3v) is 4.08. The second-order valence-corrected chi connectivity index (χ2v) is 5.60. The highest BCUT2D eigenvalue weighted by molar-refractivity contribution is 6.06. The monoisotopic (exact) mass is 313 g/mol. The average Bonchev–Trinajstić information content (AvgIpc) is 3.04. The van der Waals surface area contributed by atoms with Crippen molar-refractivity contribution in [1.82, 2.24) is 5.32 Å². The summed E-state index contributed by atoms with van der Waals surface area (Å²) in [4.78, 5) is 25.7. The molecule has 0 bridgehead atoms. The van der Waals surface area contributed by atoms with Gasteiger partial charge < -0.3 is 15.1 Å². The summed E-state index contributed by atoms with van der Waals surface area (Å²) in [6, 6.07) is 7.12. The van der Waals surface area contributed by atoms with Gasteiger partial charge in [-0.3, -0.25) is 9.69 Å². The molecule has 2 heterocycles. The van der Waals surface area contributed by atoms with Crippen molar-refractivity contribution in [3.8, 4) is 0 Å². The molecular formula is C17H19N3O3. The van der Waals surface area contributed by atoms with Crippen LogP contribution >= 0.6 is 0 Å². The second kappa shape index (κ2) is 5.79. The minimum atomic E-state index is -0.191. The Kier molecular flexibility index (Phi) is 3.82. The lowest BCUT2D eigenvalue weighted by Crippen LogP contribution is -2.27. The lowest BCUT2D eigenvalue weighted by Gasteiger charge is -2.14. The molecule has 0 aliphatic carbocycles. The highest BCUT2D eigenvalue weighted by Gasteiger charge is 2.21. The van der Waals surface area contributed by atoms with E-state index >= 15 is 0 Å². The van der Waals surface area contributed by atoms with E-state index in [-0.39, 0.29) is 11.9 Å². The summed E-state index contributed by atoms with van der Waals surface area (Å²) in [5.41, 5.74) is 2.91. The van der Waals surface area contributed by atoms with Crippen molar-refractivity contribution >= 4 is 23.3 Å². The van der Waals surface area contributed by atoms with E-state index in [2.05, 4.69) is 10.6 Å². The summed E-state index contributed by atoms with van der Waals surface area (Å²) in [6.45, 7) is 6.79. The zero-order valence-corrected chi connectivity index (χ0v) is 13.4. The Morgan fingerprint density at radius 1 is 1.17 bits per heavy atom. The van der Waals surface area contributed by atoms with Gasteiger partial charge in [0.1, 0.15) is 11.5 Å². The van der Waals surface area contributed by atoms with Crippen LogP contribution in [0.15, 0.2) is 28.7 Å². The number of furan rings is 1. The number of rotatable bonds is 3. The van der Waals surface area contributed by atoms with Gasteiger partial charge in [0.05, 0.1) is 5.56 Å². The van der Waals surface area contributed by atoms with E-state index in [0.29, 0.717) is 30.1 Å². The van der Waals surface area contributed by atoms with Crippen LogP contribution in [0.2, 0.25) is 0 Å². The first kappa shape index (κ1) is 15.1. The van der Waals surface area contributed by atoms with Gasteiger partial charge in [-0.25, -0.2) is 4.79 Å². The first-order chi connectivity index (χ1) is 11.0. The fourth-order valence-electron chi connectivity index (χ4n) is 2.76. The van der Waals surface area contributed by atoms with Gasteiger partial charge >= 0.3 is 6.03 Å². The fraction of sp³-hybridized carbons (Fsp3) is 0.294. The largest absolute Gasteiger partial charge is 0.466 e. The molecule has 0 radical (unpaired) electrons. The second-order valence-electron chi connectivity index (χ2n) is 5.60. The molecule has 1 aliphatic rings. The minimum Gasteiger partial charge on any atom is -0.466 e. The molecule has 120 valence electrons. The molecule has 1 fully saturated rings. The number of hydrogen-bond acceptors (Lipinski definition) is 3. The van der Waals surface area contributed by atoms with Crippen molar-refractivity contribution < 1.29 is 14.0 Å². The lowest BCUT2D eigenvalue weighted by molar-refractivity contribution is 0.102. The van der Waals surface area contributed by atoms with Gasteiger partial charge in [-0.1, -0.05) is 0 Å². The van der Waals surface area contributed by atoms with Crippen LogP contribution in [0.5, 0.6) is 0 Å². The Bertz CT molecular complexity index is 762. The normalized spacial score (nSPS) is 14.0. The molecule has 2 aromatic rings. The molecular weight excluding hydrogens is 294 g/mol. The third kappa shape index (κ3) is 2.79. The summed E-state index contributed by atoms with van der Waals surface area (Å²) >= 11 is 0. The Labute approximate surface area is 134 Å². The van der Waals surface area contributed by atoms with E-state index in [1.807, 2.05) is 26.0 Å². The summed E-state index contributed by atoms with van der Waals surface area (Å²) in [7, 11) is 0. The van der Waals surface area contributed by atoms with Gasteiger partial charge in [-0.05, 0) is 45.0 Å². The average molecular weight is 313 g/mol. The molecule has 1 saturated heterocycles. The Hall–Kier alpha value is -2.76. The van der Waals surface area contributed by atoms with Crippen LogP contribution in [0.3, 0.4) is 0 Å².